The van der Waals surface area contributed by atoms with Crippen LogP contribution in [-0.2, 0) is 47.5 Å². The molecule has 0 amide bonds. The molecule has 0 aromatic rings. The summed E-state index contributed by atoms with van der Waals surface area (Å²) >= 11 is 0. The van der Waals surface area contributed by atoms with E-state index in [9.17, 15) is 81.4 Å². The van der Waals surface area contributed by atoms with Gasteiger partial charge in [0.15, 0.2) is 18.9 Å². The number of ether oxygens (including phenoxy) is 8. The van der Waals surface area contributed by atoms with E-state index in [1.165, 1.54) is 0 Å². The number of carboxylic acid groups (broad SMARTS) is 1. The summed E-state index contributed by atoms with van der Waals surface area (Å²) in [6, 6.07) is 0. The molecule has 29 atom stereocenters. The van der Waals surface area contributed by atoms with Crippen molar-refractivity contribution in [1.82, 2.24) is 0 Å². The van der Waals surface area contributed by atoms with Crippen molar-refractivity contribution in [3.05, 3.63) is 11.6 Å². The molecule has 0 radical (unpaired) electrons. The van der Waals surface area contributed by atoms with Crippen LogP contribution < -0.4 is 0 Å². The number of hydrogen-bond acceptors (Lipinski definition) is 24. The highest BCUT2D eigenvalue weighted by molar-refractivity contribution is 5.79. The van der Waals surface area contributed by atoms with Crippen molar-refractivity contribution in [3.63, 3.8) is 0 Å². The van der Waals surface area contributed by atoms with Gasteiger partial charge in [0.2, 0.25) is 6.29 Å². The Morgan fingerprint density at radius 2 is 1.09 bits per heavy atom. The van der Waals surface area contributed by atoms with E-state index >= 15 is 4.79 Å². The standard InChI is InChI=1S/C54H86O25/c1-49(2)13-15-54(16-14-51(4)22(23(54)17-49)7-8-28-50(3)11-10-30(58)53(6,47(69)70)29(50)9-12-52(28,51)5)48(71)79-45-40(68)41(34(62)26(20-57)74-45)77-44-39(67)36(64)33(61)27(76-44)21-72-46-42(37(65)32(60)25(19-56)75-46)78-43-38(66)35(63)31(59)24(18-55)73-43/h7,23-46,55-68H,8-21H2,1-6H3,(H,69,70)/t23-,24+,25+,26+,27+,28+,29+,30-,31+,32+,33+,34-,35-,36-,37-,38+,39+,40+,41-,42+,43-,44-,45-,46+,50+,51+,52+,53-,54-/m0/s1. The molecule has 4 saturated carbocycles. The van der Waals surface area contributed by atoms with Crippen LogP contribution in [0.3, 0.4) is 0 Å². The third-order valence-corrected chi connectivity index (χ3v) is 21.5. The molecule has 79 heavy (non-hydrogen) atoms. The van der Waals surface area contributed by atoms with Crippen LogP contribution in [0.2, 0.25) is 0 Å². The van der Waals surface area contributed by atoms with Gasteiger partial charge in [-0.2, -0.15) is 0 Å². The summed E-state index contributed by atoms with van der Waals surface area (Å²) in [4.78, 5) is 28.2. The van der Waals surface area contributed by atoms with Gasteiger partial charge in [-0.15, -0.1) is 0 Å². The SMILES string of the molecule is CC1(C)CC[C@]2(C(=O)O[C@@H]3O[C@H](CO)[C@H](O)[C@H](O[C@@H]4O[C@H](CO[C@@H]5O[C@H](CO)[C@@H](O)[C@H](O)[C@H]5O[C@@H]5O[C@H](CO)[C@@H](O)[C@H](O)[C@H]5O)[C@@H](O)[C@H](O)[C@H]4O)[C@H]3O)CC[C@]3(C)C(=CC[C@@H]4[C@@]5(C)CC[C@H](O)[C@@](C)(C(=O)O)[C@@H]5CC[C@]43C)[C@@H]2C1. The summed E-state index contributed by atoms with van der Waals surface area (Å²) in [6.07, 6.45) is -29.8. The lowest BCUT2D eigenvalue weighted by Gasteiger charge is -2.71. The summed E-state index contributed by atoms with van der Waals surface area (Å²) in [5.41, 5.74) is -2.54. The summed E-state index contributed by atoms with van der Waals surface area (Å²) in [5, 5.41) is 162. The number of rotatable bonds is 13. The van der Waals surface area contributed by atoms with Gasteiger partial charge in [-0.1, -0.05) is 46.3 Å². The normalized spacial score (nSPS) is 53.5. The number of aliphatic hydroxyl groups excluding tert-OH is 14. The Hall–Kier alpha value is -2.16. The van der Waals surface area contributed by atoms with Gasteiger partial charge >= 0.3 is 11.9 Å². The molecular formula is C54H86O25. The second-order valence-corrected chi connectivity index (χ2v) is 26.1. The first-order valence-corrected chi connectivity index (χ1v) is 28.0. The number of carbonyl (C=O) groups excluding carboxylic acids is 1. The Morgan fingerprint density at radius 3 is 1.70 bits per heavy atom. The Balaban J connectivity index is 0.921. The quantitative estimate of drug-likeness (QED) is 0.0647. The molecule has 8 fully saturated rings. The lowest BCUT2D eigenvalue weighted by atomic mass is 9.33. The molecule has 0 spiro atoms. The monoisotopic (exact) mass is 1130 g/mol. The van der Waals surface area contributed by atoms with Gasteiger partial charge in [-0.3, -0.25) is 9.59 Å². The molecule has 15 N–H and O–H groups in total. The van der Waals surface area contributed by atoms with Gasteiger partial charge in [0.05, 0.1) is 43.4 Å². The van der Waals surface area contributed by atoms with Gasteiger partial charge in [-0.25, -0.2) is 0 Å². The summed E-state index contributed by atoms with van der Waals surface area (Å²) < 4.78 is 46.5. The molecule has 0 aromatic heterocycles. The molecule has 9 rings (SSSR count). The Morgan fingerprint density at radius 1 is 0.557 bits per heavy atom. The smallest absolute Gasteiger partial charge is 0.315 e. The van der Waals surface area contributed by atoms with Crippen molar-refractivity contribution in [1.29, 1.82) is 0 Å². The maximum absolute atomic E-state index is 15.2. The first-order valence-electron chi connectivity index (χ1n) is 28.0. The van der Waals surface area contributed by atoms with Crippen LogP contribution in [0.25, 0.3) is 0 Å². The van der Waals surface area contributed by atoms with E-state index in [2.05, 4.69) is 40.7 Å². The molecule has 452 valence electrons. The molecule has 0 aromatic carbocycles. The molecule has 4 heterocycles. The van der Waals surface area contributed by atoms with Gasteiger partial charge < -0.3 is 114 Å². The first kappa shape index (κ1) is 61.4. The Labute approximate surface area is 457 Å². The van der Waals surface area contributed by atoms with E-state index in [1.807, 2.05) is 0 Å². The number of carboxylic acids is 1. The third-order valence-electron chi connectivity index (χ3n) is 21.5. The van der Waals surface area contributed by atoms with Gasteiger partial charge in [-0.05, 0) is 111 Å². The maximum atomic E-state index is 15.2. The maximum Gasteiger partial charge on any atom is 0.315 e. The van der Waals surface area contributed by atoms with Crippen molar-refractivity contribution in [2.45, 2.75) is 235 Å². The van der Waals surface area contributed by atoms with Crippen LogP contribution in [0.15, 0.2) is 11.6 Å². The number of aliphatic carboxylic acids is 1. The fourth-order valence-corrected chi connectivity index (χ4v) is 16.3. The minimum absolute atomic E-state index is 0.0905. The van der Waals surface area contributed by atoms with E-state index in [1.54, 1.807) is 6.92 Å². The molecule has 0 bridgehead atoms. The van der Waals surface area contributed by atoms with Gasteiger partial charge in [0, 0.05) is 0 Å². The van der Waals surface area contributed by atoms with Crippen molar-refractivity contribution in [3.8, 4) is 0 Å². The van der Waals surface area contributed by atoms with Crippen molar-refractivity contribution in [2.75, 3.05) is 26.4 Å². The highest BCUT2D eigenvalue weighted by Gasteiger charge is 2.71. The molecular weight excluding hydrogens is 1050 g/mol. The van der Waals surface area contributed by atoms with Crippen LogP contribution in [0, 0.1) is 50.2 Å². The van der Waals surface area contributed by atoms with Crippen LogP contribution in [0.5, 0.6) is 0 Å². The molecule has 9 aliphatic rings. The molecule has 25 heteroatoms. The highest BCUT2D eigenvalue weighted by Crippen LogP contribution is 2.76. The second-order valence-electron chi connectivity index (χ2n) is 26.1. The second kappa shape index (κ2) is 22.4. The predicted octanol–water partition coefficient (Wildman–Crippen LogP) is -2.97. The topological polar surface area (TPSA) is 411 Å². The third kappa shape index (κ3) is 9.95. The fourth-order valence-electron chi connectivity index (χ4n) is 16.3. The Kier molecular flexibility index (Phi) is 17.4. The van der Waals surface area contributed by atoms with E-state index in [0.29, 0.717) is 57.8 Å². The Bertz CT molecular complexity index is 2220. The minimum atomic E-state index is -2.08. The zero-order valence-electron chi connectivity index (χ0n) is 45.6. The predicted molar refractivity (Wildman–Crippen MR) is 265 cm³/mol. The lowest BCUT2D eigenvalue weighted by molar-refractivity contribution is -0.378. The van der Waals surface area contributed by atoms with E-state index in [4.69, 9.17) is 37.9 Å². The molecule has 4 aliphatic heterocycles. The van der Waals surface area contributed by atoms with E-state index in [0.717, 1.165) is 12.0 Å². The largest absolute Gasteiger partial charge is 0.481 e. The van der Waals surface area contributed by atoms with Crippen molar-refractivity contribution in [2.24, 2.45) is 50.2 Å². The summed E-state index contributed by atoms with van der Waals surface area (Å²) in [7, 11) is 0. The van der Waals surface area contributed by atoms with Crippen LogP contribution in [-0.4, -0.2) is 244 Å². The summed E-state index contributed by atoms with van der Waals surface area (Å²) in [6.45, 7) is 9.45. The zero-order chi connectivity index (χ0) is 57.9. The van der Waals surface area contributed by atoms with Crippen molar-refractivity contribution >= 4 is 11.9 Å². The van der Waals surface area contributed by atoms with Crippen LogP contribution >= 0.6 is 0 Å². The minimum Gasteiger partial charge on any atom is -0.481 e. The number of allylic oxidation sites excluding steroid dienone is 2. The molecule has 5 aliphatic carbocycles. The average molecular weight is 1140 g/mol. The summed E-state index contributed by atoms with van der Waals surface area (Å²) in [5.74, 6) is -2.13. The van der Waals surface area contributed by atoms with E-state index < -0.39 is 184 Å². The average Bonchev–Trinajstić information content (AvgIpc) is 3.60. The molecule has 0 unspecified atom stereocenters. The molecule has 4 saturated heterocycles. The number of carbonyl (C=O) groups is 2. The van der Waals surface area contributed by atoms with E-state index in [-0.39, 0.29) is 34.0 Å². The first-order chi connectivity index (χ1) is 37.0. The number of hydrogen-bond donors (Lipinski definition) is 15. The van der Waals surface area contributed by atoms with Gasteiger partial charge in [0.1, 0.15) is 97.7 Å². The molecule has 25 nitrogen and oxygen atoms in total. The highest BCUT2D eigenvalue weighted by atomic mass is 16.8. The number of esters is 1. The number of fused-ring (bicyclic) bond motifs is 7. The van der Waals surface area contributed by atoms with Crippen LogP contribution in [0.1, 0.15) is 106 Å². The fraction of sp³-hybridized carbons (Fsp3) is 0.926. The number of aliphatic hydroxyl groups is 14. The lowest BCUT2D eigenvalue weighted by Crippen LogP contribution is -2.67. The van der Waals surface area contributed by atoms with Crippen LogP contribution in [0.4, 0.5) is 0 Å². The zero-order valence-corrected chi connectivity index (χ0v) is 45.6. The van der Waals surface area contributed by atoms with Gasteiger partial charge in [0.25, 0.3) is 0 Å². The van der Waals surface area contributed by atoms with Crippen molar-refractivity contribution < 1.29 is 124 Å².